The van der Waals surface area contributed by atoms with Crippen molar-refractivity contribution in [1.29, 1.82) is 0 Å². The van der Waals surface area contributed by atoms with Gasteiger partial charge < -0.3 is 34.1 Å². The van der Waals surface area contributed by atoms with Crippen LogP contribution in [0.4, 0.5) is 4.79 Å². The maximum atomic E-state index is 12.6. The van der Waals surface area contributed by atoms with Crippen LogP contribution in [-0.4, -0.2) is 44.5 Å². The zero-order chi connectivity index (χ0) is 26.4. The number of carbonyl (C=O) groups excluding carboxylic acids is 1. The van der Waals surface area contributed by atoms with Gasteiger partial charge in [0.25, 0.3) is 5.91 Å². The molecule has 0 fully saturated rings. The molecule has 1 amide bonds. The van der Waals surface area contributed by atoms with Crippen LogP contribution in [0.25, 0.3) is 0 Å². The Morgan fingerprint density at radius 3 is 2.41 bits per heavy atom. The molecule has 0 saturated carbocycles. The lowest BCUT2D eigenvalue weighted by Crippen LogP contribution is -2.25. The van der Waals surface area contributed by atoms with E-state index in [1.54, 1.807) is 50.6 Å². The van der Waals surface area contributed by atoms with Crippen LogP contribution in [-0.2, 0) is 11.2 Å². The number of carbonyl (C=O) groups is 2. The summed E-state index contributed by atoms with van der Waals surface area (Å²) in [6.07, 6.45) is -1.09. The Labute approximate surface area is 218 Å². The van der Waals surface area contributed by atoms with Crippen LogP contribution in [0.15, 0.2) is 54.6 Å². The Bertz CT molecular complexity index is 1260. The zero-order valence-electron chi connectivity index (χ0n) is 20.3. The minimum absolute atomic E-state index is 0.231. The SMILES string of the molecule is COc1cccc(OC)c1CCNC(=O)c1ccc(Oc2cc3c(cc2Cl)C(OC(=O)O)CCO3)cc1. The molecule has 2 N–H and O–H groups in total. The number of benzene rings is 3. The molecule has 37 heavy (non-hydrogen) atoms. The van der Waals surface area contributed by atoms with Gasteiger partial charge in [0.1, 0.15) is 34.9 Å². The van der Waals surface area contributed by atoms with Crippen LogP contribution < -0.4 is 24.3 Å². The highest BCUT2D eigenvalue weighted by atomic mass is 35.5. The fourth-order valence-electron chi connectivity index (χ4n) is 4.06. The highest BCUT2D eigenvalue weighted by Gasteiger charge is 2.27. The third kappa shape index (κ3) is 6.18. The second-order valence-corrected chi connectivity index (χ2v) is 8.51. The predicted octanol–water partition coefficient (Wildman–Crippen LogP) is 5.64. The van der Waals surface area contributed by atoms with E-state index in [9.17, 15) is 9.59 Å². The average Bonchev–Trinajstić information content (AvgIpc) is 2.89. The molecule has 0 radical (unpaired) electrons. The normalized spacial score (nSPS) is 14.1. The summed E-state index contributed by atoms with van der Waals surface area (Å²) < 4.78 is 27.3. The van der Waals surface area contributed by atoms with Crippen molar-refractivity contribution in [2.75, 3.05) is 27.4 Å². The van der Waals surface area contributed by atoms with Gasteiger partial charge in [-0.1, -0.05) is 17.7 Å². The van der Waals surface area contributed by atoms with Gasteiger partial charge in [-0.25, -0.2) is 4.79 Å². The number of halogens is 1. The van der Waals surface area contributed by atoms with Crippen LogP contribution in [0.5, 0.6) is 28.7 Å². The molecule has 194 valence electrons. The van der Waals surface area contributed by atoms with Gasteiger partial charge in [0.2, 0.25) is 0 Å². The Morgan fingerprint density at radius 1 is 1.05 bits per heavy atom. The van der Waals surface area contributed by atoms with Crippen molar-refractivity contribution in [3.63, 3.8) is 0 Å². The molecule has 1 heterocycles. The number of methoxy groups -OCH3 is 2. The molecule has 3 aromatic carbocycles. The Hall–Kier alpha value is -4.11. The number of rotatable bonds is 9. The van der Waals surface area contributed by atoms with Gasteiger partial charge in [0.15, 0.2) is 0 Å². The molecule has 0 saturated heterocycles. The maximum Gasteiger partial charge on any atom is 0.506 e. The highest BCUT2D eigenvalue weighted by Crippen LogP contribution is 2.42. The summed E-state index contributed by atoms with van der Waals surface area (Å²) in [6, 6.07) is 15.3. The molecule has 0 spiro atoms. The monoisotopic (exact) mass is 527 g/mol. The Kier molecular flexibility index (Phi) is 8.25. The number of ether oxygens (including phenoxy) is 5. The van der Waals surface area contributed by atoms with Gasteiger partial charge >= 0.3 is 6.16 Å². The lowest BCUT2D eigenvalue weighted by Gasteiger charge is -2.25. The summed E-state index contributed by atoms with van der Waals surface area (Å²) in [7, 11) is 3.19. The van der Waals surface area contributed by atoms with Gasteiger partial charge in [-0.05, 0) is 48.9 Å². The van der Waals surface area contributed by atoms with Crippen molar-refractivity contribution in [2.45, 2.75) is 18.9 Å². The quantitative estimate of drug-likeness (QED) is 0.344. The van der Waals surface area contributed by atoms with Crippen molar-refractivity contribution in [3.8, 4) is 28.7 Å². The number of fused-ring (bicyclic) bond motifs is 1. The molecule has 0 aromatic heterocycles. The lowest BCUT2D eigenvalue weighted by atomic mass is 10.0. The number of hydrogen-bond donors (Lipinski definition) is 2. The molecule has 1 aliphatic rings. The minimum atomic E-state index is -1.36. The molecule has 0 aliphatic carbocycles. The first-order valence-electron chi connectivity index (χ1n) is 11.5. The number of nitrogens with one attached hydrogen (secondary N) is 1. The summed E-state index contributed by atoms with van der Waals surface area (Å²) in [6.45, 7) is 0.699. The second-order valence-electron chi connectivity index (χ2n) is 8.10. The summed E-state index contributed by atoms with van der Waals surface area (Å²) >= 11 is 6.38. The predicted molar refractivity (Wildman–Crippen MR) is 136 cm³/mol. The first-order valence-corrected chi connectivity index (χ1v) is 11.9. The molecule has 0 bridgehead atoms. The van der Waals surface area contributed by atoms with Crippen LogP contribution in [0.1, 0.15) is 34.0 Å². The van der Waals surface area contributed by atoms with Gasteiger partial charge in [0.05, 0.1) is 25.8 Å². The van der Waals surface area contributed by atoms with Gasteiger partial charge in [-0.2, -0.15) is 0 Å². The summed E-state index contributed by atoms with van der Waals surface area (Å²) in [4.78, 5) is 23.6. The van der Waals surface area contributed by atoms with E-state index >= 15 is 0 Å². The molecule has 1 unspecified atom stereocenters. The lowest BCUT2D eigenvalue weighted by molar-refractivity contribution is 0.0326. The van der Waals surface area contributed by atoms with Gasteiger partial charge in [-0.15, -0.1) is 0 Å². The molecule has 1 atom stereocenters. The van der Waals surface area contributed by atoms with Crippen molar-refractivity contribution in [3.05, 3.63) is 76.3 Å². The fourth-order valence-corrected chi connectivity index (χ4v) is 4.27. The zero-order valence-corrected chi connectivity index (χ0v) is 21.0. The van der Waals surface area contributed by atoms with Crippen molar-refractivity contribution in [1.82, 2.24) is 5.32 Å². The van der Waals surface area contributed by atoms with Crippen molar-refractivity contribution in [2.24, 2.45) is 0 Å². The molecule has 9 nitrogen and oxygen atoms in total. The van der Waals surface area contributed by atoms with E-state index < -0.39 is 12.3 Å². The number of amides is 1. The second kappa shape index (κ2) is 11.7. The van der Waals surface area contributed by atoms with Crippen molar-refractivity contribution >= 4 is 23.7 Å². The molecule has 4 rings (SSSR count). The van der Waals surface area contributed by atoms with Crippen LogP contribution >= 0.6 is 11.6 Å². The number of carboxylic acid groups (broad SMARTS) is 1. The molecule has 10 heteroatoms. The van der Waals surface area contributed by atoms with E-state index in [1.807, 2.05) is 18.2 Å². The van der Waals surface area contributed by atoms with Crippen LogP contribution in [0.3, 0.4) is 0 Å². The standard InChI is InChI=1S/C27H26ClNO8/c1-33-21-4-3-5-22(34-2)18(21)10-12-29-26(30)16-6-8-17(9-7-16)36-25-15-24-19(14-20(25)28)23(11-13-35-24)37-27(31)32/h3-9,14-15,23H,10-13H2,1-2H3,(H,29,30)(H,31,32). The van der Waals surface area contributed by atoms with Gasteiger partial charge in [-0.3, -0.25) is 4.79 Å². The molecular weight excluding hydrogens is 502 g/mol. The Morgan fingerprint density at radius 2 is 1.76 bits per heavy atom. The molecule has 1 aliphatic heterocycles. The largest absolute Gasteiger partial charge is 0.506 e. The first-order chi connectivity index (χ1) is 17.9. The topological polar surface area (TPSA) is 113 Å². The van der Waals surface area contributed by atoms with Crippen LogP contribution in [0, 0.1) is 0 Å². The van der Waals surface area contributed by atoms with Crippen molar-refractivity contribution < 1.29 is 38.4 Å². The number of hydrogen-bond acceptors (Lipinski definition) is 7. The van der Waals surface area contributed by atoms with E-state index in [-0.39, 0.29) is 10.9 Å². The van der Waals surface area contributed by atoms with Crippen LogP contribution in [0.2, 0.25) is 5.02 Å². The summed E-state index contributed by atoms with van der Waals surface area (Å²) in [5.74, 6) is 2.41. The minimum Gasteiger partial charge on any atom is -0.496 e. The first kappa shape index (κ1) is 26.0. The molecule has 3 aromatic rings. The van der Waals surface area contributed by atoms with E-state index in [1.165, 1.54) is 0 Å². The highest BCUT2D eigenvalue weighted by molar-refractivity contribution is 6.32. The summed E-state index contributed by atoms with van der Waals surface area (Å²) in [5, 5.41) is 12.1. The van der Waals surface area contributed by atoms with Gasteiger partial charge in [0, 0.05) is 35.7 Å². The Balaban J connectivity index is 1.38. The average molecular weight is 528 g/mol. The van der Waals surface area contributed by atoms with E-state index in [0.717, 1.165) is 5.56 Å². The smallest absolute Gasteiger partial charge is 0.496 e. The maximum absolute atomic E-state index is 12.6. The summed E-state index contributed by atoms with van der Waals surface area (Å²) in [5.41, 5.74) is 1.89. The van der Waals surface area contributed by atoms with E-state index in [4.69, 9.17) is 40.4 Å². The third-order valence-electron chi connectivity index (χ3n) is 5.83. The van der Waals surface area contributed by atoms with E-state index in [0.29, 0.717) is 65.9 Å². The third-order valence-corrected chi connectivity index (χ3v) is 6.12. The molecular formula is C27H26ClNO8. The fraction of sp³-hybridized carbons (Fsp3) is 0.259. The van der Waals surface area contributed by atoms with E-state index in [2.05, 4.69) is 5.32 Å².